The van der Waals surface area contributed by atoms with E-state index in [1.807, 2.05) is 0 Å². The van der Waals surface area contributed by atoms with Crippen LogP contribution in [0, 0.1) is 0 Å². The molecule has 1 aromatic heterocycles. The largest absolute Gasteiger partial charge is 0.373 e. The number of ether oxygens (including phenoxy) is 1. The average molecular weight is 290 g/mol. The average Bonchev–Trinajstić information content (AvgIpc) is 2.76. The van der Waals surface area contributed by atoms with Crippen molar-refractivity contribution < 1.29 is 4.74 Å². The van der Waals surface area contributed by atoms with E-state index in [-0.39, 0.29) is 5.60 Å². The number of anilines is 2. The van der Waals surface area contributed by atoms with Gasteiger partial charge in [0.1, 0.15) is 11.6 Å². The Hall–Kier alpha value is -0.710. The third-order valence-corrected chi connectivity index (χ3v) is 3.67. The summed E-state index contributed by atoms with van der Waals surface area (Å²) in [5, 5.41) is 7.18. The van der Waals surface area contributed by atoms with Crippen molar-refractivity contribution in [3.63, 3.8) is 0 Å². The first-order chi connectivity index (χ1) is 8.54. The molecule has 1 saturated heterocycles. The zero-order valence-electron chi connectivity index (χ0n) is 10.5. The second kappa shape index (κ2) is 5.51. The lowest BCUT2D eigenvalue weighted by atomic mass is 10.0. The van der Waals surface area contributed by atoms with Gasteiger partial charge >= 0.3 is 0 Å². The molecule has 0 bridgehead atoms. The van der Waals surface area contributed by atoms with Crippen molar-refractivity contribution in [1.29, 1.82) is 0 Å². The third kappa shape index (κ3) is 2.99. The molecule has 1 atom stereocenters. The summed E-state index contributed by atoms with van der Waals surface area (Å²) in [6, 6.07) is 1.68. The number of hydrogen-bond acceptors (Lipinski definition) is 4. The van der Waals surface area contributed by atoms with Crippen LogP contribution in [0.2, 0.25) is 10.0 Å². The van der Waals surface area contributed by atoms with Gasteiger partial charge in [-0.1, -0.05) is 23.2 Å². The molecule has 1 unspecified atom stereocenters. The Morgan fingerprint density at radius 3 is 2.72 bits per heavy atom. The van der Waals surface area contributed by atoms with E-state index < -0.39 is 0 Å². The van der Waals surface area contributed by atoms with E-state index >= 15 is 0 Å². The fourth-order valence-electron chi connectivity index (χ4n) is 2.01. The van der Waals surface area contributed by atoms with Gasteiger partial charge in [0.15, 0.2) is 0 Å². The molecule has 0 aromatic carbocycles. The maximum Gasteiger partial charge on any atom is 0.147 e. The van der Waals surface area contributed by atoms with Crippen molar-refractivity contribution in [2.75, 3.05) is 30.8 Å². The zero-order valence-corrected chi connectivity index (χ0v) is 12.0. The predicted molar refractivity (Wildman–Crippen MR) is 75.9 cm³/mol. The van der Waals surface area contributed by atoms with Gasteiger partial charge in [-0.3, -0.25) is 0 Å². The van der Waals surface area contributed by atoms with Gasteiger partial charge in [-0.15, -0.1) is 0 Å². The van der Waals surface area contributed by atoms with E-state index in [1.54, 1.807) is 13.1 Å². The molecule has 6 heteroatoms. The molecule has 2 heterocycles. The van der Waals surface area contributed by atoms with E-state index in [2.05, 4.69) is 22.5 Å². The van der Waals surface area contributed by atoms with Crippen LogP contribution in [0.3, 0.4) is 0 Å². The van der Waals surface area contributed by atoms with Crippen LogP contribution in [-0.2, 0) is 4.74 Å². The maximum atomic E-state index is 6.11. The lowest BCUT2D eigenvalue weighted by Crippen LogP contribution is -2.32. The maximum absolute atomic E-state index is 6.11. The van der Waals surface area contributed by atoms with Gasteiger partial charge in [0.25, 0.3) is 0 Å². The lowest BCUT2D eigenvalue weighted by Gasteiger charge is -2.24. The number of nitrogens with zero attached hydrogens (tertiary/aromatic N) is 1. The van der Waals surface area contributed by atoms with E-state index in [4.69, 9.17) is 27.9 Å². The van der Waals surface area contributed by atoms with Crippen molar-refractivity contribution in [1.82, 2.24) is 4.98 Å². The van der Waals surface area contributed by atoms with Gasteiger partial charge in [-0.2, -0.15) is 0 Å². The number of hydrogen-bond donors (Lipinski definition) is 2. The molecule has 0 amide bonds. The summed E-state index contributed by atoms with van der Waals surface area (Å²) in [6.07, 6.45) is 2.14. The van der Waals surface area contributed by atoms with Gasteiger partial charge in [0.2, 0.25) is 0 Å². The standard InChI is InChI=1S/C12H17Cl2N3O/c1-12(4-3-5-18-12)7-16-11-9(14)6-8(13)10(15-2)17-11/h6H,3-5,7H2,1-2H3,(H2,15,16,17). The van der Waals surface area contributed by atoms with Crippen molar-refractivity contribution >= 4 is 34.8 Å². The second-order valence-electron chi connectivity index (χ2n) is 4.65. The highest BCUT2D eigenvalue weighted by molar-refractivity contribution is 6.37. The molecule has 0 radical (unpaired) electrons. The fraction of sp³-hybridized carbons (Fsp3) is 0.583. The van der Waals surface area contributed by atoms with Crippen LogP contribution in [0.5, 0.6) is 0 Å². The molecule has 0 saturated carbocycles. The van der Waals surface area contributed by atoms with Crippen LogP contribution in [0.1, 0.15) is 19.8 Å². The predicted octanol–water partition coefficient (Wildman–Crippen LogP) is 3.41. The zero-order chi connectivity index (χ0) is 13.2. The van der Waals surface area contributed by atoms with Gasteiger partial charge < -0.3 is 15.4 Å². The molecule has 0 spiro atoms. The number of pyridine rings is 1. The fourth-order valence-corrected chi connectivity index (χ4v) is 2.53. The normalized spacial score (nSPS) is 23.1. The Morgan fingerprint density at radius 1 is 1.39 bits per heavy atom. The molecule has 1 fully saturated rings. The highest BCUT2D eigenvalue weighted by Crippen LogP contribution is 2.30. The number of nitrogens with one attached hydrogen (secondary N) is 2. The van der Waals surface area contributed by atoms with Crippen LogP contribution in [0.4, 0.5) is 11.6 Å². The van der Waals surface area contributed by atoms with Gasteiger partial charge in [0.05, 0.1) is 15.6 Å². The summed E-state index contributed by atoms with van der Waals surface area (Å²) in [6.45, 7) is 3.60. The van der Waals surface area contributed by atoms with Crippen molar-refractivity contribution in [2.45, 2.75) is 25.4 Å². The first-order valence-electron chi connectivity index (χ1n) is 5.96. The molecule has 100 valence electrons. The first-order valence-corrected chi connectivity index (χ1v) is 6.71. The Balaban J connectivity index is 2.09. The molecule has 1 aliphatic rings. The summed E-state index contributed by atoms with van der Waals surface area (Å²) in [5.41, 5.74) is -0.134. The molecule has 4 nitrogen and oxygen atoms in total. The molecular formula is C12H17Cl2N3O. The van der Waals surface area contributed by atoms with Gasteiger partial charge in [0, 0.05) is 20.2 Å². The van der Waals surface area contributed by atoms with Crippen LogP contribution in [-0.4, -0.2) is 30.8 Å². The summed E-state index contributed by atoms with van der Waals surface area (Å²) in [7, 11) is 1.77. The van der Waals surface area contributed by atoms with Crippen molar-refractivity contribution in [3.05, 3.63) is 16.1 Å². The highest BCUT2D eigenvalue weighted by Gasteiger charge is 2.29. The van der Waals surface area contributed by atoms with E-state index in [0.717, 1.165) is 19.4 Å². The number of halogens is 2. The van der Waals surface area contributed by atoms with Crippen LogP contribution >= 0.6 is 23.2 Å². The van der Waals surface area contributed by atoms with Crippen molar-refractivity contribution in [3.8, 4) is 0 Å². The number of aromatic nitrogens is 1. The summed E-state index contributed by atoms with van der Waals surface area (Å²) < 4.78 is 5.71. The van der Waals surface area contributed by atoms with E-state index in [0.29, 0.717) is 28.2 Å². The minimum Gasteiger partial charge on any atom is -0.373 e. The quantitative estimate of drug-likeness (QED) is 0.892. The number of rotatable bonds is 4. The smallest absolute Gasteiger partial charge is 0.147 e. The monoisotopic (exact) mass is 289 g/mol. The Morgan fingerprint density at radius 2 is 2.11 bits per heavy atom. The third-order valence-electron chi connectivity index (χ3n) is 3.10. The van der Waals surface area contributed by atoms with Crippen LogP contribution in [0.15, 0.2) is 6.07 Å². The molecule has 2 N–H and O–H groups in total. The Labute approximate surface area is 117 Å². The lowest BCUT2D eigenvalue weighted by molar-refractivity contribution is 0.0315. The summed E-state index contributed by atoms with van der Waals surface area (Å²) in [5.74, 6) is 1.24. The Kier molecular flexibility index (Phi) is 4.20. The van der Waals surface area contributed by atoms with E-state index in [1.165, 1.54) is 0 Å². The molecule has 1 aromatic rings. The first kappa shape index (κ1) is 13.7. The Bertz CT molecular complexity index is 434. The van der Waals surface area contributed by atoms with Crippen molar-refractivity contribution in [2.24, 2.45) is 0 Å². The summed E-state index contributed by atoms with van der Waals surface area (Å²) in [4.78, 5) is 4.34. The highest BCUT2D eigenvalue weighted by atomic mass is 35.5. The topological polar surface area (TPSA) is 46.2 Å². The molecule has 0 aliphatic carbocycles. The molecular weight excluding hydrogens is 273 g/mol. The molecule has 2 rings (SSSR count). The van der Waals surface area contributed by atoms with Gasteiger partial charge in [-0.25, -0.2) is 4.98 Å². The van der Waals surface area contributed by atoms with Crippen LogP contribution in [0.25, 0.3) is 0 Å². The SMILES string of the molecule is CNc1nc(NCC2(C)CCCO2)c(Cl)cc1Cl. The molecule has 18 heavy (non-hydrogen) atoms. The minimum atomic E-state index is -0.134. The van der Waals surface area contributed by atoms with Crippen LogP contribution < -0.4 is 10.6 Å². The minimum absolute atomic E-state index is 0.134. The van der Waals surface area contributed by atoms with E-state index in [9.17, 15) is 0 Å². The molecule has 1 aliphatic heterocycles. The van der Waals surface area contributed by atoms with Gasteiger partial charge in [-0.05, 0) is 25.8 Å². The second-order valence-corrected chi connectivity index (χ2v) is 5.47. The summed E-state index contributed by atoms with van der Waals surface area (Å²) >= 11 is 12.1.